The van der Waals surface area contributed by atoms with Gasteiger partial charge in [0.25, 0.3) is 0 Å². The number of rotatable bonds is 6. The highest BCUT2D eigenvalue weighted by molar-refractivity contribution is 5.38. The molecule has 0 radical (unpaired) electrons. The molecule has 2 aromatic rings. The second-order valence-electron chi connectivity index (χ2n) is 3.91. The first-order chi connectivity index (χ1) is 9.22. The van der Waals surface area contributed by atoms with E-state index < -0.39 is 0 Å². The van der Waals surface area contributed by atoms with Crippen LogP contribution in [-0.4, -0.2) is 35.7 Å². The van der Waals surface area contributed by atoms with Gasteiger partial charge in [-0.3, -0.25) is 0 Å². The van der Waals surface area contributed by atoms with E-state index in [4.69, 9.17) is 9.15 Å². The zero-order valence-corrected chi connectivity index (χ0v) is 11.3. The summed E-state index contributed by atoms with van der Waals surface area (Å²) in [7, 11) is 3.66. The maximum absolute atomic E-state index is 5.33. The molecule has 0 aromatic carbocycles. The molecular weight excluding hydrogens is 246 g/mol. The number of anilines is 2. The smallest absolute Gasteiger partial charge is 0.323 e. The molecule has 7 nitrogen and oxygen atoms in total. The van der Waals surface area contributed by atoms with Crippen LogP contribution in [0.2, 0.25) is 0 Å². The number of furan rings is 1. The highest BCUT2D eigenvalue weighted by Gasteiger charge is 2.11. The SMILES string of the molecule is CCOc1nc(NC)nc(N(C)Cc2ccoc2)n1. The van der Waals surface area contributed by atoms with Crippen molar-refractivity contribution in [2.45, 2.75) is 13.5 Å². The quantitative estimate of drug-likeness (QED) is 0.847. The van der Waals surface area contributed by atoms with Gasteiger partial charge in [-0.25, -0.2) is 0 Å². The predicted molar refractivity (Wildman–Crippen MR) is 71.4 cm³/mol. The van der Waals surface area contributed by atoms with E-state index in [0.717, 1.165) is 5.56 Å². The summed E-state index contributed by atoms with van der Waals surface area (Å²) in [5, 5.41) is 2.89. The Balaban J connectivity index is 2.19. The average Bonchev–Trinajstić information content (AvgIpc) is 2.91. The number of hydrogen-bond donors (Lipinski definition) is 1. The van der Waals surface area contributed by atoms with Crippen molar-refractivity contribution in [2.24, 2.45) is 0 Å². The fourth-order valence-electron chi connectivity index (χ4n) is 1.55. The summed E-state index contributed by atoms with van der Waals surface area (Å²) in [5.41, 5.74) is 1.05. The van der Waals surface area contributed by atoms with Crippen molar-refractivity contribution in [3.63, 3.8) is 0 Å². The molecule has 19 heavy (non-hydrogen) atoms. The van der Waals surface area contributed by atoms with Crippen molar-refractivity contribution < 1.29 is 9.15 Å². The second kappa shape index (κ2) is 6.03. The summed E-state index contributed by atoms with van der Waals surface area (Å²) in [4.78, 5) is 14.6. The molecule has 0 saturated heterocycles. The maximum Gasteiger partial charge on any atom is 0.323 e. The molecule has 0 aliphatic heterocycles. The summed E-state index contributed by atoms with van der Waals surface area (Å²) >= 11 is 0. The van der Waals surface area contributed by atoms with Crippen LogP contribution in [0.15, 0.2) is 23.0 Å². The lowest BCUT2D eigenvalue weighted by Crippen LogP contribution is -2.20. The van der Waals surface area contributed by atoms with Crippen molar-refractivity contribution in [1.82, 2.24) is 15.0 Å². The Labute approximate surface area is 111 Å². The minimum absolute atomic E-state index is 0.316. The third-order valence-corrected chi connectivity index (χ3v) is 2.44. The van der Waals surface area contributed by atoms with Gasteiger partial charge in [-0.05, 0) is 13.0 Å². The molecule has 0 aliphatic rings. The third kappa shape index (κ3) is 3.34. The molecule has 0 fully saturated rings. The van der Waals surface area contributed by atoms with Crippen LogP contribution in [-0.2, 0) is 6.54 Å². The summed E-state index contributed by atoms with van der Waals surface area (Å²) in [6.45, 7) is 3.05. The van der Waals surface area contributed by atoms with Crippen LogP contribution in [0.4, 0.5) is 11.9 Å². The minimum Gasteiger partial charge on any atom is -0.472 e. The molecule has 0 atom stereocenters. The molecule has 102 valence electrons. The molecule has 0 amide bonds. The van der Waals surface area contributed by atoms with E-state index in [2.05, 4.69) is 20.3 Å². The molecule has 0 spiro atoms. The first-order valence-corrected chi connectivity index (χ1v) is 6.01. The second-order valence-corrected chi connectivity index (χ2v) is 3.91. The van der Waals surface area contributed by atoms with Crippen molar-refractivity contribution in [3.8, 4) is 6.01 Å². The molecular formula is C12H17N5O2. The summed E-state index contributed by atoms with van der Waals surface area (Å²) < 4.78 is 10.4. The van der Waals surface area contributed by atoms with Crippen LogP contribution < -0.4 is 15.0 Å². The highest BCUT2D eigenvalue weighted by atomic mass is 16.5. The summed E-state index contributed by atoms with van der Waals surface area (Å²) in [5.74, 6) is 1.02. The molecule has 0 aliphatic carbocycles. The van der Waals surface area contributed by atoms with E-state index in [1.165, 1.54) is 0 Å². The molecule has 2 heterocycles. The van der Waals surface area contributed by atoms with Crippen molar-refractivity contribution in [1.29, 1.82) is 0 Å². The lowest BCUT2D eigenvalue weighted by atomic mass is 10.3. The number of ether oxygens (including phenoxy) is 1. The first-order valence-electron chi connectivity index (χ1n) is 6.01. The van der Waals surface area contributed by atoms with Gasteiger partial charge in [0.15, 0.2) is 0 Å². The maximum atomic E-state index is 5.33. The van der Waals surface area contributed by atoms with Crippen LogP contribution in [0.5, 0.6) is 6.01 Å². The van der Waals surface area contributed by atoms with Crippen LogP contribution in [0.1, 0.15) is 12.5 Å². The molecule has 7 heteroatoms. The van der Waals surface area contributed by atoms with E-state index in [1.54, 1.807) is 19.6 Å². The Morgan fingerprint density at radius 2 is 2.21 bits per heavy atom. The Kier molecular flexibility index (Phi) is 4.17. The standard InChI is InChI=1S/C12H17N5O2/c1-4-19-12-15-10(13-2)14-11(16-12)17(3)7-9-5-6-18-8-9/h5-6,8H,4,7H2,1-3H3,(H,13,14,15,16). The Bertz CT molecular complexity index is 515. The van der Waals surface area contributed by atoms with Gasteiger partial charge < -0.3 is 19.4 Å². The van der Waals surface area contributed by atoms with Gasteiger partial charge in [0.05, 0.1) is 19.1 Å². The van der Waals surface area contributed by atoms with Crippen LogP contribution in [0.25, 0.3) is 0 Å². The van der Waals surface area contributed by atoms with E-state index in [1.807, 2.05) is 24.9 Å². The number of hydrogen-bond acceptors (Lipinski definition) is 7. The molecule has 0 bridgehead atoms. The Hall–Kier alpha value is -2.31. The Morgan fingerprint density at radius 3 is 2.84 bits per heavy atom. The number of aromatic nitrogens is 3. The van der Waals surface area contributed by atoms with E-state index in [0.29, 0.717) is 31.1 Å². The third-order valence-electron chi connectivity index (χ3n) is 2.44. The number of nitrogens with zero attached hydrogens (tertiary/aromatic N) is 4. The van der Waals surface area contributed by atoms with Crippen LogP contribution in [0, 0.1) is 0 Å². The summed E-state index contributed by atoms with van der Waals surface area (Å²) in [6.07, 6.45) is 3.33. The summed E-state index contributed by atoms with van der Waals surface area (Å²) in [6, 6.07) is 2.22. The van der Waals surface area contributed by atoms with Gasteiger partial charge in [-0.2, -0.15) is 15.0 Å². The van der Waals surface area contributed by atoms with Gasteiger partial charge in [0.2, 0.25) is 11.9 Å². The Morgan fingerprint density at radius 1 is 1.37 bits per heavy atom. The van der Waals surface area contributed by atoms with Crippen LogP contribution in [0.3, 0.4) is 0 Å². The van der Waals surface area contributed by atoms with Gasteiger partial charge in [0.1, 0.15) is 0 Å². The fourth-order valence-corrected chi connectivity index (χ4v) is 1.55. The van der Waals surface area contributed by atoms with Crippen molar-refractivity contribution in [3.05, 3.63) is 24.2 Å². The molecule has 2 aromatic heterocycles. The number of nitrogens with one attached hydrogen (secondary N) is 1. The van der Waals surface area contributed by atoms with Gasteiger partial charge in [0, 0.05) is 26.2 Å². The van der Waals surface area contributed by atoms with Gasteiger partial charge in [-0.1, -0.05) is 0 Å². The predicted octanol–water partition coefficient (Wildman–Crippen LogP) is 1.54. The zero-order chi connectivity index (χ0) is 13.7. The zero-order valence-electron chi connectivity index (χ0n) is 11.3. The first kappa shape index (κ1) is 13.1. The topological polar surface area (TPSA) is 76.3 Å². The van der Waals surface area contributed by atoms with Crippen molar-refractivity contribution in [2.75, 3.05) is 30.9 Å². The van der Waals surface area contributed by atoms with E-state index in [-0.39, 0.29) is 0 Å². The van der Waals surface area contributed by atoms with Gasteiger partial charge in [-0.15, -0.1) is 0 Å². The van der Waals surface area contributed by atoms with Crippen LogP contribution >= 0.6 is 0 Å². The van der Waals surface area contributed by atoms with Crippen molar-refractivity contribution >= 4 is 11.9 Å². The largest absolute Gasteiger partial charge is 0.472 e. The highest BCUT2D eigenvalue weighted by Crippen LogP contribution is 2.16. The normalized spacial score (nSPS) is 10.3. The molecule has 1 N–H and O–H groups in total. The molecule has 0 unspecified atom stereocenters. The average molecular weight is 263 g/mol. The molecule has 0 saturated carbocycles. The lowest BCUT2D eigenvalue weighted by Gasteiger charge is -2.17. The monoisotopic (exact) mass is 263 g/mol. The fraction of sp³-hybridized carbons (Fsp3) is 0.417. The molecule has 2 rings (SSSR count). The van der Waals surface area contributed by atoms with Gasteiger partial charge >= 0.3 is 6.01 Å². The van der Waals surface area contributed by atoms with E-state index in [9.17, 15) is 0 Å². The van der Waals surface area contributed by atoms with E-state index >= 15 is 0 Å². The minimum atomic E-state index is 0.316. The lowest BCUT2D eigenvalue weighted by molar-refractivity contribution is 0.312.